The molecule has 2 N–H and O–H groups in total. The standard InChI is InChI=1S/C56H66N8/c1-9-17-33-25-41-42(26-34(33)18-10-2)50-57-49(41)61-51-43-27-35(19-11-3)36(20-12-4)28-44(43)53(58-51)63-55-47-31-39(23-15-7)40(24-16-8)32-48(47)56(60-55)64-54-46-30-38(22-14-6)37(21-13-5)29-45(46)52(59-54)62-50/h25-32H,9-24H2,1-8H3,(H2,57,58,59,60,61,62,63,64). The quantitative estimate of drug-likeness (QED) is 0.100. The van der Waals surface area contributed by atoms with E-state index in [0.717, 1.165) is 169 Å². The summed E-state index contributed by atoms with van der Waals surface area (Å²) in [4.78, 5) is 40.3. The molecule has 0 radical (unpaired) electrons. The SMILES string of the molecule is CCCc1cc2c(cc1CCC)-c1nc-2nc2[nH]c(nc3nc(nc4[nH]c(n1)c1cc(CCC)c(CCC)cc41)-c1cc(CCC)c(CCC)cc1-3)c1cc(CCC)c(CCC)cc21. The Hall–Kier alpha value is -5.76. The molecule has 2 aliphatic rings. The van der Waals surface area contributed by atoms with Crippen LogP contribution >= 0.6 is 0 Å². The van der Waals surface area contributed by atoms with Gasteiger partial charge in [-0.25, -0.2) is 29.9 Å². The highest BCUT2D eigenvalue weighted by Crippen LogP contribution is 2.41. The first kappa shape index (κ1) is 43.5. The minimum atomic E-state index is 0.676. The molecule has 9 rings (SSSR count). The summed E-state index contributed by atoms with van der Waals surface area (Å²) in [5.41, 5.74) is 18.1. The Balaban J connectivity index is 1.47. The number of H-pyrrole nitrogens is 2. The predicted octanol–water partition coefficient (Wildman–Crippen LogP) is 14.5. The van der Waals surface area contributed by atoms with Gasteiger partial charge in [-0.1, -0.05) is 107 Å². The average molecular weight is 851 g/mol. The maximum atomic E-state index is 5.51. The van der Waals surface area contributed by atoms with Crippen molar-refractivity contribution in [1.29, 1.82) is 0 Å². The molecular formula is C56H66N8. The Bertz CT molecular complexity index is 2660. The van der Waals surface area contributed by atoms with Crippen molar-refractivity contribution in [2.24, 2.45) is 0 Å². The van der Waals surface area contributed by atoms with Crippen LogP contribution in [0.4, 0.5) is 0 Å². The van der Waals surface area contributed by atoms with E-state index in [9.17, 15) is 0 Å². The van der Waals surface area contributed by atoms with E-state index in [0.29, 0.717) is 23.3 Å². The zero-order chi connectivity index (χ0) is 44.5. The first-order chi connectivity index (χ1) is 31.3. The predicted molar refractivity (Wildman–Crippen MR) is 268 cm³/mol. The van der Waals surface area contributed by atoms with Gasteiger partial charge in [0, 0.05) is 43.8 Å². The molecule has 5 heterocycles. The van der Waals surface area contributed by atoms with Gasteiger partial charge < -0.3 is 9.97 Å². The smallest absolute Gasteiger partial charge is 0.164 e. The fraction of sp³-hybridized carbons (Fsp3) is 0.429. The maximum absolute atomic E-state index is 5.51. The monoisotopic (exact) mass is 851 g/mol. The first-order valence-electron chi connectivity index (χ1n) is 24.8. The van der Waals surface area contributed by atoms with Crippen molar-refractivity contribution in [3.8, 4) is 45.6 Å². The van der Waals surface area contributed by atoms with Crippen LogP contribution < -0.4 is 0 Å². The van der Waals surface area contributed by atoms with E-state index >= 15 is 0 Å². The van der Waals surface area contributed by atoms with E-state index in [4.69, 9.17) is 29.9 Å². The molecule has 0 fully saturated rings. The van der Waals surface area contributed by atoms with Gasteiger partial charge in [-0.3, -0.25) is 0 Å². The van der Waals surface area contributed by atoms with Gasteiger partial charge >= 0.3 is 0 Å². The topological polar surface area (TPSA) is 109 Å². The molecule has 8 nitrogen and oxygen atoms in total. The molecule has 64 heavy (non-hydrogen) atoms. The van der Waals surface area contributed by atoms with Crippen molar-refractivity contribution in [3.63, 3.8) is 0 Å². The van der Waals surface area contributed by atoms with Crippen LogP contribution in [0.1, 0.15) is 151 Å². The van der Waals surface area contributed by atoms with Crippen LogP contribution in [-0.4, -0.2) is 39.9 Å². The van der Waals surface area contributed by atoms with Crippen molar-refractivity contribution in [2.45, 2.75) is 158 Å². The van der Waals surface area contributed by atoms with Crippen molar-refractivity contribution in [1.82, 2.24) is 39.9 Å². The van der Waals surface area contributed by atoms with Crippen LogP contribution in [-0.2, 0) is 51.4 Å². The van der Waals surface area contributed by atoms with Crippen LogP contribution in [0.5, 0.6) is 0 Å². The molecule has 0 aliphatic carbocycles. The third-order valence-corrected chi connectivity index (χ3v) is 13.3. The van der Waals surface area contributed by atoms with Crippen molar-refractivity contribution < 1.29 is 0 Å². The Morgan fingerprint density at radius 1 is 0.266 bits per heavy atom. The van der Waals surface area contributed by atoms with Gasteiger partial charge in [-0.05, 0) is 144 Å². The number of aryl methyl sites for hydroxylation is 8. The maximum Gasteiger partial charge on any atom is 0.164 e. The molecule has 0 unspecified atom stereocenters. The lowest BCUT2D eigenvalue weighted by atomic mass is 9.93. The van der Waals surface area contributed by atoms with E-state index in [1.165, 1.54) is 44.5 Å². The fourth-order valence-electron chi connectivity index (χ4n) is 10.4. The highest BCUT2D eigenvalue weighted by atomic mass is 15.1. The number of hydrogen-bond donors (Lipinski definition) is 2. The zero-order valence-electron chi connectivity index (χ0n) is 39.6. The number of fused-ring (bicyclic) bond motifs is 20. The zero-order valence-corrected chi connectivity index (χ0v) is 39.6. The van der Waals surface area contributed by atoms with Crippen LogP contribution in [0.3, 0.4) is 0 Å². The lowest BCUT2D eigenvalue weighted by molar-refractivity contribution is 0.862. The molecule has 0 atom stereocenters. The highest BCUT2D eigenvalue weighted by molar-refractivity contribution is 6.07. The number of nitrogens with zero attached hydrogens (tertiary/aromatic N) is 6. The van der Waals surface area contributed by atoms with E-state index in [1.807, 2.05) is 0 Å². The average Bonchev–Trinajstić information content (AvgIpc) is 3.99. The Morgan fingerprint density at radius 3 is 0.641 bits per heavy atom. The van der Waals surface area contributed by atoms with Crippen LogP contribution in [0.25, 0.3) is 89.7 Å². The summed E-state index contributed by atoms with van der Waals surface area (Å²) in [5.74, 6) is 2.70. The summed E-state index contributed by atoms with van der Waals surface area (Å²) in [6.07, 6.45) is 16.6. The molecule has 0 spiro atoms. The molecule has 0 amide bonds. The number of benzene rings is 4. The number of rotatable bonds is 16. The molecule has 330 valence electrons. The molecular weight excluding hydrogens is 785 g/mol. The third-order valence-electron chi connectivity index (χ3n) is 13.3. The molecule has 8 bridgehead atoms. The molecule has 7 aromatic rings. The summed E-state index contributed by atoms with van der Waals surface area (Å²) >= 11 is 0. The fourth-order valence-corrected chi connectivity index (χ4v) is 10.4. The largest absolute Gasteiger partial charge is 0.324 e. The van der Waals surface area contributed by atoms with Gasteiger partial charge in [0.25, 0.3) is 0 Å². The summed E-state index contributed by atoms with van der Waals surface area (Å²) < 4.78 is 0. The summed E-state index contributed by atoms with van der Waals surface area (Å²) in [7, 11) is 0. The van der Waals surface area contributed by atoms with Gasteiger partial charge in [0.1, 0.15) is 22.6 Å². The van der Waals surface area contributed by atoms with E-state index < -0.39 is 0 Å². The molecule has 8 heteroatoms. The summed E-state index contributed by atoms with van der Waals surface area (Å²) in [5, 5.41) is 4.23. The van der Waals surface area contributed by atoms with Crippen LogP contribution in [0, 0.1) is 0 Å². The lowest BCUT2D eigenvalue weighted by Crippen LogP contribution is -1.96. The number of nitrogens with one attached hydrogen (secondary N) is 2. The number of hydrogen-bond acceptors (Lipinski definition) is 6. The molecule has 0 saturated carbocycles. The Morgan fingerprint density at radius 2 is 0.453 bits per heavy atom. The first-order valence-corrected chi connectivity index (χ1v) is 24.8. The van der Waals surface area contributed by atoms with Gasteiger partial charge in [0.15, 0.2) is 23.3 Å². The molecule has 0 saturated heterocycles. The second-order valence-electron chi connectivity index (χ2n) is 18.3. The van der Waals surface area contributed by atoms with Crippen molar-refractivity contribution in [3.05, 3.63) is 93.0 Å². The van der Waals surface area contributed by atoms with Gasteiger partial charge in [0.05, 0.1) is 0 Å². The van der Waals surface area contributed by atoms with Crippen LogP contribution in [0.15, 0.2) is 48.5 Å². The normalized spacial score (nSPS) is 12.1. The Kier molecular flexibility index (Phi) is 12.7. The third kappa shape index (κ3) is 8.02. The minimum absolute atomic E-state index is 0.676. The van der Waals surface area contributed by atoms with Crippen molar-refractivity contribution >= 4 is 44.1 Å². The van der Waals surface area contributed by atoms with E-state index in [-0.39, 0.29) is 0 Å². The second-order valence-corrected chi connectivity index (χ2v) is 18.3. The molecule has 4 aromatic carbocycles. The highest BCUT2D eigenvalue weighted by Gasteiger charge is 2.26. The molecule has 2 aliphatic heterocycles. The van der Waals surface area contributed by atoms with E-state index in [1.54, 1.807) is 0 Å². The van der Waals surface area contributed by atoms with Crippen LogP contribution in [0.2, 0.25) is 0 Å². The summed E-state index contributed by atoms with van der Waals surface area (Å²) in [6.45, 7) is 18.1. The van der Waals surface area contributed by atoms with Crippen molar-refractivity contribution in [2.75, 3.05) is 0 Å². The number of aromatic amines is 2. The van der Waals surface area contributed by atoms with Gasteiger partial charge in [0.2, 0.25) is 0 Å². The van der Waals surface area contributed by atoms with Gasteiger partial charge in [-0.2, -0.15) is 0 Å². The lowest BCUT2D eigenvalue weighted by Gasteiger charge is -2.11. The summed E-state index contributed by atoms with van der Waals surface area (Å²) in [6, 6.07) is 18.9. The number of aromatic nitrogens is 8. The second kappa shape index (κ2) is 18.8. The Labute approximate surface area is 379 Å². The van der Waals surface area contributed by atoms with Gasteiger partial charge in [-0.15, -0.1) is 0 Å². The molecule has 3 aromatic heterocycles. The minimum Gasteiger partial charge on any atom is -0.324 e. The van der Waals surface area contributed by atoms with E-state index in [2.05, 4.69) is 114 Å².